The Hall–Kier alpha value is -3.84. The molecule has 0 aliphatic heterocycles. The van der Waals surface area contributed by atoms with Gasteiger partial charge in [-0.05, 0) is 35.3 Å². The maximum atomic E-state index is 10.7. The quantitative estimate of drug-likeness (QED) is 0.326. The van der Waals surface area contributed by atoms with Gasteiger partial charge in [-0.3, -0.25) is 9.78 Å². The summed E-state index contributed by atoms with van der Waals surface area (Å²) in [5, 5.41) is 21.4. The lowest BCUT2D eigenvalue weighted by Crippen LogP contribution is -2.17. The maximum Gasteiger partial charge on any atom is 0.304 e. The molecule has 2 aromatic heterocycles. The van der Waals surface area contributed by atoms with Crippen molar-refractivity contribution in [2.24, 2.45) is 0 Å². The number of hydrogen-bond donors (Lipinski definition) is 2. The Morgan fingerprint density at radius 1 is 1.06 bits per heavy atom. The van der Waals surface area contributed by atoms with Crippen molar-refractivity contribution in [2.45, 2.75) is 32.7 Å². The van der Waals surface area contributed by atoms with Gasteiger partial charge in [0.1, 0.15) is 0 Å². The van der Waals surface area contributed by atoms with E-state index in [-0.39, 0.29) is 6.42 Å². The molecule has 0 saturated carbocycles. The number of nitrogens with one attached hydrogen (secondary N) is 1. The monoisotopic (exact) mass is 442 g/mol. The standard InChI is InChI=1S/C26H26N4O3/c1-2-7-19(18-8-4-3-5-9-18)16-23-29-30-26(33-23)22-12-11-20(17-27-15-13-24(31)32)25-21(22)10-6-14-28-25/h3-6,8-12,14,16,27H,2,7,13,15,17H2,1H3,(H,31,32). The van der Waals surface area contributed by atoms with E-state index >= 15 is 0 Å². The molecule has 2 N–H and O–H groups in total. The lowest BCUT2D eigenvalue weighted by molar-refractivity contribution is -0.136. The lowest BCUT2D eigenvalue weighted by atomic mass is 10.0. The number of allylic oxidation sites excluding steroid dienone is 1. The van der Waals surface area contributed by atoms with Gasteiger partial charge in [0.15, 0.2) is 0 Å². The van der Waals surface area contributed by atoms with Crippen molar-refractivity contribution in [1.82, 2.24) is 20.5 Å². The first-order chi connectivity index (χ1) is 16.2. The highest BCUT2D eigenvalue weighted by molar-refractivity contribution is 5.94. The highest BCUT2D eigenvalue weighted by Gasteiger charge is 2.14. The van der Waals surface area contributed by atoms with Gasteiger partial charge in [-0.2, -0.15) is 0 Å². The van der Waals surface area contributed by atoms with Crippen LogP contribution in [0.4, 0.5) is 0 Å². The van der Waals surface area contributed by atoms with Crippen molar-refractivity contribution >= 4 is 28.5 Å². The predicted octanol–water partition coefficient (Wildman–Crippen LogP) is 5.19. The number of aromatic nitrogens is 3. The Bertz CT molecular complexity index is 1270. The normalized spacial score (nSPS) is 11.7. The fourth-order valence-corrected chi connectivity index (χ4v) is 3.75. The maximum absolute atomic E-state index is 10.7. The minimum Gasteiger partial charge on any atom is -0.481 e. The summed E-state index contributed by atoms with van der Waals surface area (Å²) >= 11 is 0. The number of rotatable bonds is 10. The molecule has 33 heavy (non-hydrogen) atoms. The summed E-state index contributed by atoms with van der Waals surface area (Å²) in [5.41, 5.74) is 4.92. The smallest absolute Gasteiger partial charge is 0.304 e. The van der Waals surface area contributed by atoms with Gasteiger partial charge in [0, 0.05) is 36.3 Å². The molecule has 0 fully saturated rings. The van der Waals surface area contributed by atoms with E-state index in [1.165, 1.54) is 0 Å². The summed E-state index contributed by atoms with van der Waals surface area (Å²) in [6.45, 7) is 3.07. The third kappa shape index (κ3) is 5.51. The number of fused-ring (bicyclic) bond motifs is 1. The van der Waals surface area contributed by atoms with Crippen LogP contribution in [-0.4, -0.2) is 32.8 Å². The van der Waals surface area contributed by atoms with Crippen LogP contribution in [0.3, 0.4) is 0 Å². The molecule has 2 aromatic carbocycles. The zero-order valence-electron chi connectivity index (χ0n) is 18.5. The number of carbonyl (C=O) groups is 1. The summed E-state index contributed by atoms with van der Waals surface area (Å²) in [7, 11) is 0. The molecule has 0 unspecified atom stereocenters. The highest BCUT2D eigenvalue weighted by atomic mass is 16.4. The molecule has 0 radical (unpaired) electrons. The van der Waals surface area contributed by atoms with Crippen LogP contribution < -0.4 is 5.32 Å². The van der Waals surface area contributed by atoms with Gasteiger partial charge in [-0.15, -0.1) is 10.2 Å². The van der Waals surface area contributed by atoms with E-state index in [0.717, 1.165) is 46.0 Å². The van der Waals surface area contributed by atoms with Crippen LogP contribution in [0.5, 0.6) is 0 Å². The van der Waals surface area contributed by atoms with E-state index in [4.69, 9.17) is 9.52 Å². The number of carboxylic acids is 1. The third-order valence-electron chi connectivity index (χ3n) is 5.32. The summed E-state index contributed by atoms with van der Waals surface area (Å²) < 4.78 is 6.03. The van der Waals surface area contributed by atoms with Crippen molar-refractivity contribution in [3.63, 3.8) is 0 Å². The Kier molecular flexibility index (Phi) is 7.22. The fraction of sp³-hybridized carbons (Fsp3) is 0.231. The molecule has 2 heterocycles. The average Bonchev–Trinajstić information content (AvgIpc) is 3.30. The van der Waals surface area contributed by atoms with E-state index in [1.54, 1.807) is 6.20 Å². The van der Waals surface area contributed by atoms with E-state index in [1.807, 2.05) is 48.5 Å². The van der Waals surface area contributed by atoms with Crippen molar-refractivity contribution < 1.29 is 14.3 Å². The van der Waals surface area contributed by atoms with E-state index in [2.05, 4.69) is 39.6 Å². The fourth-order valence-electron chi connectivity index (χ4n) is 3.75. The second-order valence-electron chi connectivity index (χ2n) is 7.72. The molecule has 0 bridgehead atoms. The Labute approximate surface area is 192 Å². The van der Waals surface area contributed by atoms with Crippen molar-refractivity contribution in [3.8, 4) is 11.5 Å². The summed E-state index contributed by atoms with van der Waals surface area (Å²) in [6.07, 6.45) is 5.70. The summed E-state index contributed by atoms with van der Waals surface area (Å²) in [4.78, 5) is 15.3. The predicted molar refractivity (Wildman–Crippen MR) is 128 cm³/mol. The average molecular weight is 443 g/mol. The number of nitrogens with zero attached hydrogens (tertiary/aromatic N) is 3. The number of pyridine rings is 1. The first-order valence-corrected chi connectivity index (χ1v) is 11.0. The van der Waals surface area contributed by atoms with Crippen LogP contribution in [-0.2, 0) is 11.3 Å². The summed E-state index contributed by atoms with van der Waals surface area (Å²) in [6, 6.07) is 18.0. The van der Waals surface area contributed by atoms with Crippen molar-refractivity contribution in [1.29, 1.82) is 0 Å². The van der Waals surface area contributed by atoms with Crippen LogP contribution in [0.1, 0.15) is 43.2 Å². The lowest BCUT2D eigenvalue weighted by Gasteiger charge is -2.09. The number of benzene rings is 2. The Balaban J connectivity index is 1.62. The van der Waals surface area contributed by atoms with Gasteiger partial charge in [0.2, 0.25) is 11.8 Å². The molecule has 4 rings (SSSR count). The minimum absolute atomic E-state index is 0.0741. The summed E-state index contributed by atoms with van der Waals surface area (Å²) in [5.74, 6) is 0.0822. The van der Waals surface area contributed by atoms with Gasteiger partial charge < -0.3 is 14.8 Å². The highest BCUT2D eigenvalue weighted by Crippen LogP contribution is 2.30. The molecule has 168 valence electrons. The van der Waals surface area contributed by atoms with Crippen LogP contribution in [0.25, 0.3) is 34.0 Å². The molecular formula is C26H26N4O3. The number of hydrogen-bond acceptors (Lipinski definition) is 6. The minimum atomic E-state index is -0.823. The molecular weight excluding hydrogens is 416 g/mol. The number of aliphatic carboxylic acids is 1. The zero-order valence-corrected chi connectivity index (χ0v) is 18.5. The van der Waals surface area contributed by atoms with E-state index in [0.29, 0.717) is 24.9 Å². The molecule has 4 aromatic rings. The van der Waals surface area contributed by atoms with Crippen LogP contribution in [0.15, 0.2) is 65.2 Å². The van der Waals surface area contributed by atoms with E-state index < -0.39 is 5.97 Å². The van der Waals surface area contributed by atoms with Gasteiger partial charge in [0.05, 0.1) is 11.9 Å². The topological polar surface area (TPSA) is 101 Å². The SMILES string of the molecule is CCCC(=Cc1nnc(-c2ccc(CNCCC(=O)O)c3ncccc23)o1)c1ccccc1. The number of carboxylic acid groups (broad SMARTS) is 1. The molecule has 7 nitrogen and oxygen atoms in total. The van der Waals surface area contributed by atoms with Gasteiger partial charge in [0.25, 0.3) is 0 Å². The first-order valence-electron chi connectivity index (χ1n) is 11.0. The van der Waals surface area contributed by atoms with Gasteiger partial charge in [-0.25, -0.2) is 0 Å². The largest absolute Gasteiger partial charge is 0.481 e. The molecule has 0 amide bonds. The van der Waals surface area contributed by atoms with Crippen LogP contribution in [0.2, 0.25) is 0 Å². The molecule has 7 heteroatoms. The Morgan fingerprint density at radius 2 is 1.91 bits per heavy atom. The van der Waals surface area contributed by atoms with E-state index in [9.17, 15) is 4.79 Å². The molecule has 0 spiro atoms. The van der Waals surface area contributed by atoms with Gasteiger partial charge >= 0.3 is 5.97 Å². The van der Waals surface area contributed by atoms with Crippen molar-refractivity contribution in [2.75, 3.05) is 6.54 Å². The Morgan fingerprint density at radius 3 is 2.70 bits per heavy atom. The second-order valence-corrected chi connectivity index (χ2v) is 7.72. The van der Waals surface area contributed by atoms with Crippen LogP contribution >= 0.6 is 0 Å². The first kappa shape index (κ1) is 22.4. The zero-order chi connectivity index (χ0) is 23.0. The molecule has 0 saturated heterocycles. The molecule has 0 atom stereocenters. The molecule has 0 aliphatic rings. The third-order valence-corrected chi connectivity index (χ3v) is 5.32. The van der Waals surface area contributed by atoms with Crippen LogP contribution in [0, 0.1) is 0 Å². The second kappa shape index (κ2) is 10.7. The van der Waals surface area contributed by atoms with Crippen molar-refractivity contribution in [3.05, 3.63) is 77.8 Å². The molecule has 0 aliphatic carbocycles. The van der Waals surface area contributed by atoms with Gasteiger partial charge in [-0.1, -0.05) is 55.8 Å².